The molecule has 2 aromatic rings. The minimum atomic E-state index is -0.0349. The molecule has 1 N–H and O–H groups in total. The largest absolute Gasteiger partial charge is 0.493 e. The van der Waals surface area contributed by atoms with Crippen molar-refractivity contribution < 1.29 is 19.0 Å². The van der Waals surface area contributed by atoms with E-state index in [1.165, 1.54) is 5.56 Å². The van der Waals surface area contributed by atoms with E-state index in [4.69, 9.17) is 14.2 Å². The standard InChI is InChI=1S/C22H29NO4/c1-22(2,3)16-8-10-17(11-9-16)23-20(24)12-7-15-13-18(25-4)21(27-6)19(14-15)26-5/h8-11,13-14H,7,12H2,1-6H3,(H,23,24). The van der Waals surface area contributed by atoms with Gasteiger partial charge in [0.25, 0.3) is 0 Å². The topological polar surface area (TPSA) is 56.8 Å². The minimum Gasteiger partial charge on any atom is -0.493 e. The highest BCUT2D eigenvalue weighted by molar-refractivity contribution is 5.90. The van der Waals surface area contributed by atoms with Crippen LogP contribution in [0.4, 0.5) is 5.69 Å². The highest BCUT2D eigenvalue weighted by atomic mass is 16.5. The first-order valence-electron chi connectivity index (χ1n) is 8.97. The second-order valence-corrected chi connectivity index (χ2v) is 7.41. The number of amides is 1. The van der Waals surface area contributed by atoms with Crippen LogP contribution in [-0.4, -0.2) is 27.2 Å². The zero-order valence-electron chi connectivity index (χ0n) is 17.0. The quantitative estimate of drug-likeness (QED) is 0.774. The second-order valence-electron chi connectivity index (χ2n) is 7.41. The lowest BCUT2D eigenvalue weighted by Gasteiger charge is -2.19. The molecule has 0 radical (unpaired) electrons. The lowest BCUT2D eigenvalue weighted by Crippen LogP contribution is -2.14. The van der Waals surface area contributed by atoms with Gasteiger partial charge in [-0.2, -0.15) is 0 Å². The summed E-state index contributed by atoms with van der Waals surface area (Å²) in [6.07, 6.45) is 0.933. The Bertz CT molecular complexity index is 751. The lowest BCUT2D eigenvalue weighted by atomic mass is 9.87. The number of anilines is 1. The molecule has 0 unspecified atom stereocenters. The van der Waals surface area contributed by atoms with E-state index >= 15 is 0 Å². The van der Waals surface area contributed by atoms with E-state index in [2.05, 4.69) is 38.2 Å². The van der Waals surface area contributed by atoms with Gasteiger partial charge in [0.15, 0.2) is 11.5 Å². The Hall–Kier alpha value is -2.69. The van der Waals surface area contributed by atoms with Gasteiger partial charge in [0, 0.05) is 12.1 Å². The number of rotatable bonds is 7. The molecule has 0 aliphatic rings. The van der Waals surface area contributed by atoms with Crippen molar-refractivity contribution in [3.8, 4) is 17.2 Å². The minimum absolute atomic E-state index is 0.0349. The van der Waals surface area contributed by atoms with Gasteiger partial charge in [0.2, 0.25) is 11.7 Å². The van der Waals surface area contributed by atoms with Gasteiger partial charge >= 0.3 is 0 Å². The number of aryl methyl sites for hydroxylation is 1. The number of carbonyl (C=O) groups excluding carboxylic acids is 1. The van der Waals surface area contributed by atoms with Gasteiger partial charge in [-0.05, 0) is 47.2 Å². The Balaban J connectivity index is 2.01. The molecule has 146 valence electrons. The van der Waals surface area contributed by atoms with Crippen LogP contribution in [0.25, 0.3) is 0 Å². The maximum absolute atomic E-state index is 12.3. The van der Waals surface area contributed by atoms with Crippen molar-refractivity contribution >= 4 is 11.6 Å². The molecule has 5 heteroatoms. The van der Waals surface area contributed by atoms with Gasteiger partial charge < -0.3 is 19.5 Å². The van der Waals surface area contributed by atoms with Gasteiger partial charge in [-0.3, -0.25) is 4.79 Å². The molecule has 5 nitrogen and oxygen atoms in total. The first kappa shape index (κ1) is 20.6. The molecular weight excluding hydrogens is 342 g/mol. The predicted octanol–water partition coefficient (Wildman–Crippen LogP) is 4.58. The highest BCUT2D eigenvalue weighted by Gasteiger charge is 2.15. The fourth-order valence-electron chi connectivity index (χ4n) is 2.81. The summed E-state index contributed by atoms with van der Waals surface area (Å²) in [6.45, 7) is 6.49. The molecule has 0 aliphatic heterocycles. The van der Waals surface area contributed by atoms with E-state index < -0.39 is 0 Å². The number of carbonyl (C=O) groups is 1. The number of hydrogen-bond donors (Lipinski definition) is 1. The summed E-state index contributed by atoms with van der Waals surface area (Å²) in [4.78, 5) is 12.3. The molecule has 0 atom stereocenters. The molecule has 0 saturated heterocycles. The van der Waals surface area contributed by atoms with E-state index in [1.54, 1.807) is 21.3 Å². The molecule has 0 spiro atoms. The molecule has 0 bridgehead atoms. The van der Waals surface area contributed by atoms with Crippen molar-refractivity contribution in [1.82, 2.24) is 0 Å². The molecule has 0 heterocycles. The van der Waals surface area contributed by atoms with Crippen LogP contribution in [0.3, 0.4) is 0 Å². The number of nitrogens with one attached hydrogen (secondary N) is 1. The molecule has 2 aromatic carbocycles. The number of ether oxygens (including phenoxy) is 3. The van der Waals surface area contributed by atoms with E-state index in [0.717, 1.165) is 11.3 Å². The maximum Gasteiger partial charge on any atom is 0.224 e. The number of methoxy groups -OCH3 is 3. The van der Waals surface area contributed by atoms with E-state index in [0.29, 0.717) is 30.1 Å². The maximum atomic E-state index is 12.3. The summed E-state index contributed by atoms with van der Waals surface area (Å²) in [5, 5.41) is 2.94. The molecule has 0 fully saturated rings. The summed E-state index contributed by atoms with van der Waals surface area (Å²) in [5.74, 6) is 1.69. The Labute approximate surface area is 161 Å². The van der Waals surface area contributed by atoms with E-state index in [1.807, 2.05) is 24.3 Å². The number of benzene rings is 2. The number of hydrogen-bond acceptors (Lipinski definition) is 4. The third-order valence-corrected chi connectivity index (χ3v) is 4.40. The first-order chi connectivity index (χ1) is 12.8. The highest BCUT2D eigenvalue weighted by Crippen LogP contribution is 2.38. The van der Waals surface area contributed by atoms with E-state index in [9.17, 15) is 4.79 Å². The van der Waals surface area contributed by atoms with Crippen LogP contribution >= 0.6 is 0 Å². The lowest BCUT2D eigenvalue weighted by molar-refractivity contribution is -0.116. The summed E-state index contributed by atoms with van der Waals surface area (Å²) >= 11 is 0. The summed E-state index contributed by atoms with van der Waals surface area (Å²) in [5.41, 5.74) is 3.08. The monoisotopic (exact) mass is 371 g/mol. The summed E-state index contributed by atoms with van der Waals surface area (Å²) in [6, 6.07) is 11.7. The van der Waals surface area contributed by atoms with Crippen molar-refractivity contribution in [1.29, 1.82) is 0 Å². The van der Waals surface area contributed by atoms with Crippen LogP contribution in [-0.2, 0) is 16.6 Å². The Kier molecular flexibility index (Phi) is 6.72. The zero-order valence-corrected chi connectivity index (χ0v) is 17.0. The van der Waals surface area contributed by atoms with Crippen LogP contribution in [0.5, 0.6) is 17.2 Å². The second kappa shape index (κ2) is 8.80. The molecule has 2 rings (SSSR count). The van der Waals surface area contributed by atoms with Crippen LogP contribution < -0.4 is 19.5 Å². The molecule has 1 amide bonds. The fourth-order valence-corrected chi connectivity index (χ4v) is 2.81. The molecule has 27 heavy (non-hydrogen) atoms. The summed E-state index contributed by atoms with van der Waals surface area (Å²) < 4.78 is 16.0. The van der Waals surface area contributed by atoms with Gasteiger partial charge in [-0.15, -0.1) is 0 Å². The van der Waals surface area contributed by atoms with Gasteiger partial charge in [0.1, 0.15) is 0 Å². The SMILES string of the molecule is COc1cc(CCC(=O)Nc2ccc(C(C)(C)C)cc2)cc(OC)c1OC. The molecule has 0 saturated carbocycles. The van der Waals surface area contributed by atoms with Crippen LogP contribution in [0, 0.1) is 0 Å². The third kappa shape index (κ3) is 5.39. The van der Waals surface area contributed by atoms with Gasteiger partial charge in [0.05, 0.1) is 21.3 Å². The third-order valence-electron chi connectivity index (χ3n) is 4.40. The normalized spacial score (nSPS) is 11.0. The zero-order chi connectivity index (χ0) is 20.0. The van der Waals surface area contributed by atoms with Crippen molar-refractivity contribution in [2.45, 2.75) is 39.0 Å². The Morgan fingerprint density at radius 3 is 1.93 bits per heavy atom. The average molecular weight is 371 g/mol. The van der Waals surface area contributed by atoms with Crippen molar-refractivity contribution in [3.63, 3.8) is 0 Å². The van der Waals surface area contributed by atoms with Gasteiger partial charge in [-0.25, -0.2) is 0 Å². The van der Waals surface area contributed by atoms with Crippen molar-refractivity contribution in [2.75, 3.05) is 26.6 Å². The van der Waals surface area contributed by atoms with Gasteiger partial charge in [-0.1, -0.05) is 32.9 Å². The van der Waals surface area contributed by atoms with Crippen LogP contribution in [0.1, 0.15) is 38.3 Å². The van der Waals surface area contributed by atoms with Crippen molar-refractivity contribution in [2.24, 2.45) is 0 Å². The smallest absolute Gasteiger partial charge is 0.224 e. The van der Waals surface area contributed by atoms with E-state index in [-0.39, 0.29) is 11.3 Å². The Morgan fingerprint density at radius 2 is 1.48 bits per heavy atom. The fraction of sp³-hybridized carbons (Fsp3) is 0.409. The first-order valence-corrected chi connectivity index (χ1v) is 8.97. The predicted molar refractivity (Wildman–Crippen MR) is 108 cm³/mol. The molecule has 0 aliphatic carbocycles. The molecular formula is C22H29NO4. The van der Waals surface area contributed by atoms with Crippen LogP contribution in [0.2, 0.25) is 0 Å². The average Bonchev–Trinajstić information content (AvgIpc) is 2.65. The molecule has 0 aromatic heterocycles. The van der Waals surface area contributed by atoms with Crippen LogP contribution in [0.15, 0.2) is 36.4 Å². The van der Waals surface area contributed by atoms with Crippen molar-refractivity contribution in [3.05, 3.63) is 47.5 Å². The Morgan fingerprint density at radius 1 is 0.926 bits per heavy atom. The summed E-state index contributed by atoms with van der Waals surface area (Å²) in [7, 11) is 4.72.